The van der Waals surface area contributed by atoms with Crippen LogP contribution in [0, 0.1) is 0 Å². The fourth-order valence-electron chi connectivity index (χ4n) is 2.54. The molecule has 1 atom stereocenters. The maximum absolute atomic E-state index is 12.2. The second-order valence-electron chi connectivity index (χ2n) is 5.64. The molecule has 0 heterocycles. The smallest absolute Gasteiger partial charge is 0.241 e. The van der Waals surface area contributed by atoms with Crippen molar-refractivity contribution in [3.05, 3.63) is 28.7 Å². The first-order valence-corrected chi connectivity index (χ1v) is 9.74. The van der Waals surface area contributed by atoms with Crippen LogP contribution in [-0.4, -0.2) is 26.4 Å². The average Bonchev–Trinajstić information content (AvgIpc) is 2.48. The largest absolute Gasteiger partial charge is 0.352 e. The predicted octanol–water partition coefficient (Wildman–Crippen LogP) is 2.56. The molecule has 0 spiro atoms. The molecule has 122 valence electrons. The Bertz CT molecular complexity index is 610. The molecule has 7 heteroatoms. The summed E-state index contributed by atoms with van der Waals surface area (Å²) in [5.41, 5.74) is 0. The van der Waals surface area contributed by atoms with Gasteiger partial charge in [0.1, 0.15) is 0 Å². The van der Waals surface area contributed by atoms with E-state index in [2.05, 4.69) is 26.0 Å². The van der Waals surface area contributed by atoms with Crippen molar-refractivity contribution in [2.45, 2.75) is 56.0 Å². The van der Waals surface area contributed by atoms with Crippen molar-refractivity contribution in [3.63, 3.8) is 0 Å². The normalized spacial score (nSPS) is 17.9. The zero-order chi connectivity index (χ0) is 16.2. The third-order valence-corrected chi connectivity index (χ3v) is 5.89. The highest BCUT2D eigenvalue weighted by Gasteiger charge is 2.24. The Morgan fingerprint density at radius 3 is 2.36 bits per heavy atom. The molecule has 5 nitrogen and oxygen atoms in total. The van der Waals surface area contributed by atoms with Crippen LogP contribution in [0.3, 0.4) is 0 Å². The first kappa shape index (κ1) is 17.4. The van der Waals surface area contributed by atoms with Gasteiger partial charge in [0.2, 0.25) is 15.9 Å². The third-order valence-electron chi connectivity index (χ3n) is 3.80. The summed E-state index contributed by atoms with van der Waals surface area (Å²) < 4.78 is 27.7. The molecule has 0 aliphatic heterocycles. The predicted molar refractivity (Wildman–Crippen MR) is 88.9 cm³/mol. The van der Waals surface area contributed by atoms with E-state index >= 15 is 0 Å². The first-order chi connectivity index (χ1) is 10.4. The highest BCUT2D eigenvalue weighted by molar-refractivity contribution is 9.10. The Balaban J connectivity index is 1.95. The van der Waals surface area contributed by atoms with Crippen molar-refractivity contribution in [1.29, 1.82) is 0 Å². The maximum atomic E-state index is 12.2. The van der Waals surface area contributed by atoms with Crippen molar-refractivity contribution in [1.82, 2.24) is 10.0 Å². The van der Waals surface area contributed by atoms with Gasteiger partial charge < -0.3 is 5.32 Å². The zero-order valence-corrected chi connectivity index (χ0v) is 14.9. The molecule has 1 aliphatic carbocycles. The van der Waals surface area contributed by atoms with E-state index < -0.39 is 16.1 Å². The molecule has 0 aromatic heterocycles. The number of rotatable bonds is 5. The molecule has 0 bridgehead atoms. The minimum atomic E-state index is -3.69. The maximum Gasteiger partial charge on any atom is 0.241 e. The summed E-state index contributed by atoms with van der Waals surface area (Å²) in [5.74, 6) is -0.271. The number of benzene rings is 1. The minimum absolute atomic E-state index is 0.146. The molecule has 1 fully saturated rings. The van der Waals surface area contributed by atoms with Crippen LogP contribution in [0.15, 0.2) is 33.6 Å². The summed E-state index contributed by atoms with van der Waals surface area (Å²) in [4.78, 5) is 12.3. The summed E-state index contributed by atoms with van der Waals surface area (Å²) in [7, 11) is -3.69. The highest BCUT2D eigenvalue weighted by atomic mass is 79.9. The number of amides is 1. The molecule has 1 saturated carbocycles. The quantitative estimate of drug-likeness (QED) is 0.813. The van der Waals surface area contributed by atoms with Crippen molar-refractivity contribution in [2.75, 3.05) is 0 Å². The Labute approximate surface area is 140 Å². The summed E-state index contributed by atoms with van der Waals surface area (Å²) in [6, 6.07) is 5.68. The third kappa shape index (κ3) is 4.79. The number of carbonyl (C=O) groups excluding carboxylic acids is 1. The van der Waals surface area contributed by atoms with Crippen LogP contribution >= 0.6 is 15.9 Å². The van der Waals surface area contributed by atoms with Crippen molar-refractivity contribution >= 4 is 31.9 Å². The monoisotopic (exact) mass is 388 g/mol. The second-order valence-corrected chi connectivity index (χ2v) is 8.27. The number of carbonyl (C=O) groups is 1. The Morgan fingerprint density at radius 2 is 1.77 bits per heavy atom. The lowest BCUT2D eigenvalue weighted by molar-refractivity contribution is -0.123. The van der Waals surface area contributed by atoms with Crippen LogP contribution in [0.4, 0.5) is 0 Å². The Kier molecular flexibility index (Phi) is 6.00. The van der Waals surface area contributed by atoms with E-state index in [9.17, 15) is 13.2 Å². The van der Waals surface area contributed by atoms with E-state index in [0.717, 1.165) is 30.2 Å². The van der Waals surface area contributed by atoms with E-state index in [1.165, 1.54) is 18.6 Å². The van der Waals surface area contributed by atoms with E-state index in [1.807, 2.05) is 0 Å². The Morgan fingerprint density at radius 1 is 1.18 bits per heavy atom. The van der Waals surface area contributed by atoms with Gasteiger partial charge in [0, 0.05) is 10.5 Å². The van der Waals surface area contributed by atoms with E-state index in [1.54, 1.807) is 19.1 Å². The fraction of sp³-hybridized carbons (Fsp3) is 0.533. The summed E-state index contributed by atoms with van der Waals surface area (Å²) in [5, 5.41) is 2.93. The molecule has 1 unspecified atom stereocenters. The molecule has 22 heavy (non-hydrogen) atoms. The lowest BCUT2D eigenvalue weighted by Crippen LogP contribution is -2.48. The van der Waals surface area contributed by atoms with E-state index in [-0.39, 0.29) is 16.8 Å². The van der Waals surface area contributed by atoms with Gasteiger partial charge in [-0.1, -0.05) is 35.2 Å². The molecular weight excluding hydrogens is 368 g/mol. The van der Waals surface area contributed by atoms with Gasteiger partial charge >= 0.3 is 0 Å². The average molecular weight is 389 g/mol. The van der Waals surface area contributed by atoms with Crippen LogP contribution in [-0.2, 0) is 14.8 Å². The molecular formula is C15H21BrN2O3S. The van der Waals surface area contributed by atoms with Crippen molar-refractivity contribution in [3.8, 4) is 0 Å². The lowest BCUT2D eigenvalue weighted by atomic mass is 9.95. The second kappa shape index (κ2) is 7.57. The molecule has 1 amide bonds. The number of nitrogens with one attached hydrogen (secondary N) is 2. The van der Waals surface area contributed by atoms with Crippen LogP contribution in [0.1, 0.15) is 39.0 Å². The van der Waals surface area contributed by atoms with Crippen LogP contribution in [0.25, 0.3) is 0 Å². The summed E-state index contributed by atoms with van der Waals surface area (Å²) in [6.45, 7) is 1.56. The van der Waals surface area contributed by atoms with Gasteiger partial charge in [-0.15, -0.1) is 0 Å². The molecule has 1 aromatic carbocycles. The zero-order valence-electron chi connectivity index (χ0n) is 12.5. The molecule has 1 aromatic rings. The molecule has 0 saturated heterocycles. The molecule has 0 radical (unpaired) electrons. The first-order valence-electron chi connectivity index (χ1n) is 7.47. The van der Waals surface area contributed by atoms with Crippen molar-refractivity contribution in [2.24, 2.45) is 0 Å². The van der Waals surface area contributed by atoms with Gasteiger partial charge in [0.15, 0.2) is 0 Å². The molecule has 1 aliphatic rings. The SMILES string of the molecule is CC(NS(=O)(=O)c1ccc(Br)cc1)C(=O)NC1CCCCC1. The van der Waals surface area contributed by atoms with Gasteiger partial charge in [0.25, 0.3) is 0 Å². The lowest BCUT2D eigenvalue weighted by Gasteiger charge is -2.24. The fourth-order valence-corrected chi connectivity index (χ4v) is 4.01. The Hall–Kier alpha value is -0.920. The van der Waals surface area contributed by atoms with Crippen LogP contribution in [0.2, 0.25) is 0 Å². The number of sulfonamides is 1. The standard InChI is InChI=1S/C15H21BrN2O3S/c1-11(15(19)17-13-5-3-2-4-6-13)18-22(20,21)14-9-7-12(16)8-10-14/h7-11,13,18H,2-6H2,1H3,(H,17,19). The van der Waals surface area contributed by atoms with Gasteiger partial charge in [-0.25, -0.2) is 8.42 Å². The van der Waals surface area contributed by atoms with Crippen LogP contribution in [0.5, 0.6) is 0 Å². The van der Waals surface area contributed by atoms with E-state index in [0.29, 0.717) is 0 Å². The minimum Gasteiger partial charge on any atom is -0.352 e. The molecule has 2 rings (SSSR count). The van der Waals surface area contributed by atoms with Crippen molar-refractivity contribution < 1.29 is 13.2 Å². The van der Waals surface area contributed by atoms with Gasteiger partial charge in [-0.3, -0.25) is 4.79 Å². The van der Waals surface area contributed by atoms with Gasteiger partial charge in [-0.2, -0.15) is 4.72 Å². The number of hydrogen-bond acceptors (Lipinski definition) is 3. The topological polar surface area (TPSA) is 75.3 Å². The van der Waals surface area contributed by atoms with Gasteiger partial charge in [-0.05, 0) is 44.0 Å². The van der Waals surface area contributed by atoms with Gasteiger partial charge in [0.05, 0.1) is 10.9 Å². The highest BCUT2D eigenvalue weighted by Crippen LogP contribution is 2.18. The van der Waals surface area contributed by atoms with Crippen LogP contribution < -0.4 is 10.0 Å². The van der Waals surface area contributed by atoms with E-state index in [4.69, 9.17) is 0 Å². The molecule has 2 N–H and O–H groups in total. The summed E-state index contributed by atoms with van der Waals surface area (Å²) >= 11 is 3.26. The number of halogens is 1. The summed E-state index contributed by atoms with van der Waals surface area (Å²) in [6.07, 6.45) is 5.38. The number of hydrogen-bond donors (Lipinski definition) is 2.